The monoisotopic (exact) mass is 111 g/mol. The molecule has 0 nitrogen and oxygen atoms in total. The van der Waals surface area contributed by atoms with Crippen LogP contribution >= 0.6 is 0 Å². The number of rotatable bonds is 0. The summed E-state index contributed by atoms with van der Waals surface area (Å²) in [6, 6.07) is 0. The molecular weight excluding hydrogens is 96.1 g/mol. The molecule has 8 heavy (non-hydrogen) atoms. The fourth-order valence-electron chi connectivity index (χ4n) is 1.67. The van der Waals surface area contributed by atoms with Gasteiger partial charge < -0.3 is 0 Å². The van der Waals surface area contributed by atoms with Crippen LogP contribution in [0.2, 0.25) is 0 Å². The van der Waals surface area contributed by atoms with Crippen LogP contribution in [0.15, 0.2) is 0 Å². The smallest absolute Gasteiger partial charge is 0.0386 e. The average molecular weight is 111 g/mol. The molecule has 0 amide bonds. The molecule has 0 heterocycles. The van der Waals surface area contributed by atoms with Crippen molar-refractivity contribution in [2.45, 2.75) is 26.7 Å². The van der Waals surface area contributed by atoms with E-state index < -0.39 is 0 Å². The van der Waals surface area contributed by atoms with E-state index in [2.05, 4.69) is 20.8 Å². The Balaban J connectivity index is 2.39. The van der Waals surface area contributed by atoms with Crippen molar-refractivity contribution in [3.8, 4) is 0 Å². The van der Waals surface area contributed by atoms with E-state index in [1.807, 2.05) is 0 Å². The minimum absolute atomic E-state index is 0.741. The average Bonchev–Trinajstić information content (AvgIpc) is 1.85. The predicted molar refractivity (Wildman–Crippen MR) is 36.4 cm³/mol. The molecule has 3 unspecified atom stereocenters. The summed E-state index contributed by atoms with van der Waals surface area (Å²) in [5, 5.41) is 0. The molecular formula is C8H15. The van der Waals surface area contributed by atoms with Gasteiger partial charge in [-0.05, 0) is 37.5 Å². The zero-order chi connectivity index (χ0) is 6.15. The Kier molecular flexibility index (Phi) is 1.59. The van der Waals surface area contributed by atoms with Gasteiger partial charge in [-0.2, -0.15) is 0 Å². The number of hydrogen-bond acceptors (Lipinski definition) is 0. The lowest BCUT2D eigenvalue weighted by molar-refractivity contribution is 0.499. The summed E-state index contributed by atoms with van der Waals surface area (Å²) in [6.45, 7) is 8.70. The van der Waals surface area contributed by atoms with Gasteiger partial charge in [0.2, 0.25) is 0 Å². The summed E-state index contributed by atoms with van der Waals surface area (Å²) >= 11 is 0. The Morgan fingerprint density at radius 1 is 1.25 bits per heavy atom. The SMILES string of the molecule is [CH2]C1CC(C)CC1C. The quantitative estimate of drug-likeness (QED) is 0.450. The highest BCUT2D eigenvalue weighted by Gasteiger charge is 2.24. The van der Waals surface area contributed by atoms with Crippen molar-refractivity contribution in [2.75, 3.05) is 0 Å². The normalized spacial score (nSPS) is 47.6. The van der Waals surface area contributed by atoms with Crippen molar-refractivity contribution in [3.63, 3.8) is 0 Å². The van der Waals surface area contributed by atoms with E-state index in [0.29, 0.717) is 0 Å². The van der Waals surface area contributed by atoms with Crippen molar-refractivity contribution in [1.82, 2.24) is 0 Å². The van der Waals surface area contributed by atoms with Crippen molar-refractivity contribution in [3.05, 3.63) is 6.92 Å². The molecule has 1 aliphatic rings. The Hall–Kier alpha value is 0. The maximum atomic E-state index is 4.07. The Bertz CT molecular complexity index is 66.1. The lowest BCUT2D eigenvalue weighted by atomic mass is 10.0. The Morgan fingerprint density at radius 2 is 1.88 bits per heavy atom. The first-order valence-electron chi connectivity index (χ1n) is 3.53. The fraction of sp³-hybridized carbons (Fsp3) is 0.875. The summed E-state index contributed by atoms with van der Waals surface area (Å²) in [6.07, 6.45) is 2.75. The Morgan fingerprint density at radius 3 is 2.00 bits per heavy atom. The molecule has 1 saturated carbocycles. The van der Waals surface area contributed by atoms with Gasteiger partial charge in [-0.15, -0.1) is 0 Å². The van der Waals surface area contributed by atoms with Crippen LogP contribution in [-0.4, -0.2) is 0 Å². The van der Waals surface area contributed by atoms with E-state index in [4.69, 9.17) is 0 Å². The lowest BCUT2D eigenvalue weighted by Crippen LogP contribution is -1.96. The molecule has 0 bridgehead atoms. The van der Waals surface area contributed by atoms with Crippen LogP contribution in [0.4, 0.5) is 0 Å². The van der Waals surface area contributed by atoms with Gasteiger partial charge in [0.25, 0.3) is 0 Å². The molecule has 1 rings (SSSR count). The van der Waals surface area contributed by atoms with Crippen LogP contribution < -0.4 is 0 Å². The van der Waals surface area contributed by atoms with Crippen molar-refractivity contribution < 1.29 is 0 Å². The number of hydrogen-bond donors (Lipinski definition) is 0. The van der Waals surface area contributed by atoms with Gasteiger partial charge in [0.15, 0.2) is 0 Å². The molecule has 0 aromatic carbocycles. The third-order valence-electron chi connectivity index (χ3n) is 2.28. The fourth-order valence-corrected chi connectivity index (χ4v) is 1.67. The van der Waals surface area contributed by atoms with Gasteiger partial charge >= 0.3 is 0 Å². The third kappa shape index (κ3) is 1.04. The van der Waals surface area contributed by atoms with Crippen molar-refractivity contribution in [1.29, 1.82) is 0 Å². The van der Waals surface area contributed by atoms with Gasteiger partial charge in [0.05, 0.1) is 0 Å². The van der Waals surface area contributed by atoms with E-state index in [-0.39, 0.29) is 0 Å². The maximum absolute atomic E-state index is 4.07. The van der Waals surface area contributed by atoms with Gasteiger partial charge in [-0.25, -0.2) is 0 Å². The topological polar surface area (TPSA) is 0 Å². The highest BCUT2D eigenvalue weighted by Crippen LogP contribution is 2.34. The van der Waals surface area contributed by atoms with Gasteiger partial charge in [0.1, 0.15) is 0 Å². The minimum Gasteiger partial charge on any atom is -0.0625 e. The highest BCUT2D eigenvalue weighted by atomic mass is 14.3. The van der Waals surface area contributed by atoms with Gasteiger partial charge in [-0.3, -0.25) is 0 Å². The van der Waals surface area contributed by atoms with Gasteiger partial charge in [0, 0.05) is 0 Å². The maximum Gasteiger partial charge on any atom is -0.0386 e. The van der Waals surface area contributed by atoms with E-state index in [9.17, 15) is 0 Å². The molecule has 0 spiro atoms. The second-order valence-corrected chi connectivity index (χ2v) is 3.31. The molecule has 0 aromatic rings. The van der Waals surface area contributed by atoms with Crippen molar-refractivity contribution in [2.24, 2.45) is 17.8 Å². The third-order valence-corrected chi connectivity index (χ3v) is 2.28. The molecule has 0 N–H and O–H groups in total. The second-order valence-electron chi connectivity index (χ2n) is 3.31. The second kappa shape index (κ2) is 2.08. The zero-order valence-corrected chi connectivity index (χ0v) is 5.85. The zero-order valence-electron chi connectivity index (χ0n) is 5.85. The van der Waals surface area contributed by atoms with Crippen LogP contribution in [-0.2, 0) is 0 Å². The van der Waals surface area contributed by atoms with E-state index in [1.54, 1.807) is 0 Å². The summed E-state index contributed by atoms with van der Waals surface area (Å²) < 4.78 is 0. The van der Waals surface area contributed by atoms with Crippen LogP contribution in [0.25, 0.3) is 0 Å². The first-order chi connectivity index (χ1) is 3.70. The lowest BCUT2D eigenvalue weighted by Gasteiger charge is -2.04. The summed E-state index contributed by atoms with van der Waals surface area (Å²) in [5.41, 5.74) is 0. The standard InChI is InChI=1S/C8H15/c1-6-4-7(2)8(3)5-6/h6-8H,2,4-5H2,1,3H3. The molecule has 3 atom stereocenters. The van der Waals surface area contributed by atoms with E-state index >= 15 is 0 Å². The van der Waals surface area contributed by atoms with Crippen LogP contribution in [0.1, 0.15) is 26.7 Å². The molecule has 1 radical (unpaired) electrons. The molecule has 0 aromatic heterocycles. The summed E-state index contributed by atoms with van der Waals surface area (Å²) in [7, 11) is 0. The molecule has 47 valence electrons. The van der Waals surface area contributed by atoms with E-state index in [1.165, 1.54) is 12.8 Å². The first kappa shape index (κ1) is 6.12. The predicted octanol–water partition coefficient (Wildman–Crippen LogP) is 2.50. The molecule has 0 saturated heterocycles. The molecule has 0 aliphatic heterocycles. The van der Waals surface area contributed by atoms with Crippen molar-refractivity contribution >= 4 is 0 Å². The summed E-state index contributed by atoms with van der Waals surface area (Å²) in [4.78, 5) is 0. The van der Waals surface area contributed by atoms with Crippen LogP contribution in [0, 0.1) is 24.7 Å². The van der Waals surface area contributed by atoms with E-state index in [0.717, 1.165) is 17.8 Å². The minimum atomic E-state index is 0.741. The summed E-state index contributed by atoms with van der Waals surface area (Å²) in [5.74, 6) is 2.56. The first-order valence-corrected chi connectivity index (χ1v) is 3.53. The molecule has 1 aliphatic carbocycles. The van der Waals surface area contributed by atoms with Crippen LogP contribution in [0.5, 0.6) is 0 Å². The molecule has 0 heteroatoms. The largest absolute Gasteiger partial charge is 0.0625 e. The molecule has 1 fully saturated rings. The van der Waals surface area contributed by atoms with Gasteiger partial charge in [-0.1, -0.05) is 13.8 Å². The van der Waals surface area contributed by atoms with Crippen LogP contribution in [0.3, 0.4) is 0 Å². The Labute approximate surface area is 52.3 Å². The highest BCUT2D eigenvalue weighted by molar-refractivity contribution is 4.79.